The molecule has 20 heavy (non-hydrogen) atoms. The maximum atomic E-state index is 8.85. The summed E-state index contributed by atoms with van der Waals surface area (Å²) in [5.74, 6) is 1.62. The highest BCUT2D eigenvalue weighted by Crippen LogP contribution is 2.23. The summed E-state index contributed by atoms with van der Waals surface area (Å²) in [4.78, 5) is 8.08. The molecule has 1 aromatic carbocycles. The number of aromatic nitrogens is 2. The van der Waals surface area contributed by atoms with Crippen LogP contribution in [0.2, 0.25) is 0 Å². The van der Waals surface area contributed by atoms with Crippen LogP contribution in [0.5, 0.6) is 11.6 Å². The van der Waals surface area contributed by atoms with Gasteiger partial charge in [0, 0.05) is 12.6 Å². The number of nitrogen functional groups attached to an aromatic ring is 1. The van der Waals surface area contributed by atoms with Gasteiger partial charge in [-0.05, 0) is 24.6 Å². The summed E-state index contributed by atoms with van der Waals surface area (Å²) >= 11 is 0. The van der Waals surface area contributed by atoms with E-state index in [1.807, 2.05) is 0 Å². The van der Waals surface area contributed by atoms with Gasteiger partial charge in [0.15, 0.2) is 0 Å². The van der Waals surface area contributed by atoms with Crippen LogP contribution in [0.15, 0.2) is 30.3 Å². The Morgan fingerprint density at radius 3 is 2.95 bits per heavy atom. The summed E-state index contributed by atoms with van der Waals surface area (Å²) in [5, 5.41) is 12.0. The van der Waals surface area contributed by atoms with Crippen molar-refractivity contribution in [3.8, 4) is 17.7 Å². The smallest absolute Gasteiger partial charge is 0.226 e. The van der Waals surface area contributed by atoms with E-state index in [0.717, 1.165) is 13.0 Å². The van der Waals surface area contributed by atoms with E-state index in [1.165, 1.54) is 0 Å². The zero-order valence-electron chi connectivity index (χ0n) is 11.1. The largest absolute Gasteiger partial charge is 0.439 e. The van der Waals surface area contributed by atoms with Crippen LogP contribution in [0.4, 0.5) is 11.8 Å². The van der Waals surface area contributed by atoms with Crippen LogP contribution in [-0.4, -0.2) is 16.5 Å². The van der Waals surface area contributed by atoms with Crippen LogP contribution in [0.3, 0.4) is 0 Å². The lowest BCUT2D eigenvalue weighted by Gasteiger charge is -2.08. The minimum atomic E-state index is 0.137. The number of nitriles is 1. The summed E-state index contributed by atoms with van der Waals surface area (Å²) in [6.07, 6.45) is 0.977. The molecule has 0 atom stereocenters. The van der Waals surface area contributed by atoms with Gasteiger partial charge in [0.1, 0.15) is 11.6 Å². The zero-order valence-corrected chi connectivity index (χ0v) is 11.1. The third kappa shape index (κ3) is 3.59. The Morgan fingerprint density at radius 2 is 2.20 bits per heavy atom. The van der Waals surface area contributed by atoms with E-state index in [1.54, 1.807) is 30.3 Å². The first-order valence-corrected chi connectivity index (χ1v) is 6.27. The van der Waals surface area contributed by atoms with Gasteiger partial charge in [-0.15, -0.1) is 0 Å². The Hall–Kier alpha value is -2.81. The van der Waals surface area contributed by atoms with E-state index in [2.05, 4.69) is 28.3 Å². The minimum Gasteiger partial charge on any atom is -0.439 e. The van der Waals surface area contributed by atoms with Gasteiger partial charge in [0.25, 0.3) is 0 Å². The molecule has 0 radical (unpaired) electrons. The number of nitrogens with zero attached hydrogens (tertiary/aromatic N) is 3. The predicted molar refractivity (Wildman–Crippen MR) is 76.5 cm³/mol. The van der Waals surface area contributed by atoms with Crippen molar-refractivity contribution in [2.45, 2.75) is 13.3 Å². The second-order valence-corrected chi connectivity index (χ2v) is 4.12. The van der Waals surface area contributed by atoms with E-state index in [0.29, 0.717) is 23.0 Å². The van der Waals surface area contributed by atoms with Gasteiger partial charge in [-0.3, -0.25) is 0 Å². The molecule has 0 spiro atoms. The third-order valence-corrected chi connectivity index (χ3v) is 2.46. The molecule has 2 rings (SSSR count). The predicted octanol–water partition coefficient (Wildman–Crippen LogP) is 2.54. The fraction of sp³-hybridized carbons (Fsp3) is 0.214. The molecule has 6 nitrogen and oxygen atoms in total. The monoisotopic (exact) mass is 269 g/mol. The molecule has 0 aliphatic heterocycles. The molecule has 0 aliphatic rings. The average molecular weight is 269 g/mol. The van der Waals surface area contributed by atoms with E-state index in [4.69, 9.17) is 15.7 Å². The summed E-state index contributed by atoms with van der Waals surface area (Å²) in [6, 6.07) is 10.6. The normalized spacial score (nSPS) is 9.80. The van der Waals surface area contributed by atoms with Crippen molar-refractivity contribution < 1.29 is 4.74 Å². The topological polar surface area (TPSA) is 96.8 Å². The van der Waals surface area contributed by atoms with Crippen molar-refractivity contribution in [2.75, 3.05) is 17.6 Å². The number of hydrogen-bond donors (Lipinski definition) is 2. The van der Waals surface area contributed by atoms with Crippen molar-refractivity contribution >= 4 is 11.8 Å². The van der Waals surface area contributed by atoms with E-state index in [-0.39, 0.29) is 5.95 Å². The fourth-order valence-electron chi connectivity index (χ4n) is 1.59. The number of nitrogens with one attached hydrogen (secondary N) is 1. The number of rotatable bonds is 5. The summed E-state index contributed by atoms with van der Waals surface area (Å²) in [6.45, 7) is 2.85. The number of nitrogens with two attached hydrogens (primary N) is 1. The molecular formula is C14H15N5O. The second kappa shape index (κ2) is 6.38. The highest BCUT2D eigenvalue weighted by molar-refractivity contribution is 5.44. The van der Waals surface area contributed by atoms with Crippen LogP contribution in [0, 0.1) is 11.3 Å². The number of hydrogen-bond acceptors (Lipinski definition) is 6. The van der Waals surface area contributed by atoms with Gasteiger partial charge < -0.3 is 15.8 Å². The molecule has 0 unspecified atom stereocenters. The number of benzene rings is 1. The molecule has 1 aromatic heterocycles. The Kier molecular flexibility index (Phi) is 4.35. The van der Waals surface area contributed by atoms with Crippen molar-refractivity contribution in [1.82, 2.24) is 9.97 Å². The summed E-state index contributed by atoms with van der Waals surface area (Å²) < 4.78 is 5.60. The van der Waals surface area contributed by atoms with Crippen molar-refractivity contribution in [2.24, 2.45) is 0 Å². The lowest BCUT2D eigenvalue weighted by molar-refractivity contribution is 0.463. The van der Waals surface area contributed by atoms with Crippen molar-refractivity contribution in [3.05, 3.63) is 35.9 Å². The molecule has 0 fully saturated rings. The molecule has 102 valence electrons. The Morgan fingerprint density at radius 1 is 1.35 bits per heavy atom. The first-order valence-electron chi connectivity index (χ1n) is 6.27. The lowest BCUT2D eigenvalue weighted by Crippen LogP contribution is -2.05. The molecule has 0 aliphatic carbocycles. The SMILES string of the molecule is CCCNc1cc(Oc2cccc(C#N)c2)nc(N)n1. The van der Waals surface area contributed by atoms with E-state index >= 15 is 0 Å². The molecule has 6 heteroatoms. The molecule has 0 bridgehead atoms. The van der Waals surface area contributed by atoms with Crippen molar-refractivity contribution in [1.29, 1.82) is 5.26 Å². The van der Waals surface area contributed by atoms with Gasteiger partial charge in [-0.25, -0.2) is 0 Å². The highest BCUT2D eigenvalue weighted by Gasteiger charge is 2.05. The lowest BCUT2D eigenvalue weighted by atomic mass is 10.2. The standard InChI is InChI=1S/C14H15N5O/c1-2-6-17-12-8-13(19-14(16)18-12)20-11-5-3-4-10(7-11)9-15/h3-5,7-8H,2,6H2,1H3,(H3,16,17,18,19). The third-order valence-electron chi connectivity index (χ3n) is 2.46. The average Bonchev–Trinajstić information content (AvgIpc) is 2.44. The Balaban J connectivity index is 2.20. The van der Waals surface area contributed by atoms with Crippen LogP contribution in [0.1, 0.15) is 18.9 Å². The van der Waals surface area contributed by atoms with Crippen molar-refractivity contribution in [3.63, 3.8) is 0 Å². The first kappa shape index (κ1) is 13.6. The van der Waals surface area contributed by atoms with Gasteiger partial charge in [-0.1, -0.05) is 13.0 Å². The van der Waals surface area contributed by atoms with Crippen LogP contribution >= 0.6 is 0 Å². The first-order chi connectivity index (χ1) is 9.71. The van der Waals surface area contributed by atoms with Gasteiger partial charge in [0.2, 0.25) is 11.8 Å². The highest BCUT2D eigenvalue weighted by atomic mass is 16.5. The zero-order chi connectivity index (χ0) is 14.4. The van der Waals surface area contributed by atoms with Gasteiger partial charge >= 0.3 is 0 Å². The van der Waals surface area contributed by atoms with E-state index in [9.17, 15) is 0 Å². The summed E-state index contributed by atoms with van der Waals surface area (Å²) in [7, 11) is 0. The second-order valence-electron chi connectivity index (χ2n) is 4.12. The minimum absolute atomic E-state index is 0.137. The fourth-order valence-corrected chi connectivity index (χ4v) is 1.59. The molecular weight excluding hydrogens is 254 g/mol. The summed E-state index contributed by atoms with van der Waals surface area (Å²) in [5.41, 5.74) is 6.17. The quantitative estimate of drug-likeness (QED) is 0.865. The molecule has 2 aromatic rings. The Bertz CT molecular complexity index is 636. The molecule has 0 amide bonds. The molecule has 1 heterocycles. The van der Waals surface area contributed by atoms with Gasteiger partial charge in [-0.2, -0.15) is 15.2 Å². The van der Waals surface area contributed by atoms with Crippen LogP contribution < -0.4 is 15.8 Å². The van der Waals surface area contributed by atoms with Crippen LogP contribution in [0.25, 0.3) is 0 Å². The number of anilines is 2. The maximum Gasteiger partial charge on any atom is 0.226 e. The maximum absolute atomic E-state index is 8.85. The molecule has 0 saturated carbocycles. The molecule has 3 N–H and O–H groups in total. The van der Waals surface area contributed by atoms with Gasteiger partial charge in [0.05, 0.1) is 11.6 Å². The van der Waals surface area contributed by atoms with E-state index < -0.39 is 0 Å². The molecule has 0 saturated heterocycles. The Labute approximate surface area is 117 Å². The number of ether oxygens (including phenoxy) is 1. The van der Waals surface area contributed by atoms with Crippen LogP contribution in [-0.2, 0) is 0 Å².